The summed E-state index contributed by atoms with van der Waals surface area (Å²) in [5.41, 5.74) is 16.7. The Morgan fingerprint density at radius 3 is 1.55 bits per heavy atom. The SMILES string of the molecule is CC(C)c1ccc(C(c2cccc3c2oc2ccccc23)c2cccc3c2c2cccc4c5c(N(c6ccc(C(C)C)cc6)c6cccc7c6oc6ccccc67)cccc5n3c24)cc1. The van der Waals surface area contributed by atoms with Crippen LogP contribution in [0, 0.1) is 0 Å². The average Bonchev–Trinajstić information content (AvgIpc) is 4.10. The van der Waals surface area contributed by atoms with Gasteiger partial charge in [-0.25, -0.2) is 0 Å². The van der Waals surface area contributed by atoms with Gasteiger partial charge in [-0.1, -0.05) is 167 Å². The highest BCUT2D eigenvalue weighted by atomic mass is 16.3. The first-order valence-electron chi connectivity index (χ1n) is 22.9. The Balaban J connectivity index is 1.09. The van der Waals surface area contributed by atoms with Gasteiger partial charge in [-0.15, -0.1) is 0 Å². The highest BCUT2D eigenvalue weighted by Crippen LogP contribution is 2.50. The molecule has 4 nitrogen and oxygen atoms in total. The van der Waals surface area contributed by atoms with Gasteiger partial charge in [-0.05, 0) is 82.6 Å². The first-order chi connectivity index (χ1) is 31.9. The second-order valence-corrected chi connectivity index (χ2v) is 18.4. The molecule has 13 rings (SSSR count). The summed E-state index contributed by atoms with van der Waals surface area (Å²) in [6, 6.07) is 68.9. The van der Waals surface area contributed by atoms with Gasteiger partial charge in [-0.3, -0.25) is 0 Å². The predicted octanol–water partition coefficient (Wildman–Crippen LogP) is 17.5. The molecular weight excluding hydrogens is 793 g/mol. The van der Waals surface area contributed by atoms with Gasteiger partial charge in [0.2, 0.25) is 0 Å². The quantitative estimate of drug-likeness (QED) is 0.143. The molecule has 0 radical (unpaired) electrons. The van der Waals surface area contributed by atoms with E-state index in [0.717, 1.165) is 60.9 Å². The molecule has 0 N–H and O–H groups in total. The van der Waals surface area contributed by atoms with Crippen molar-refractivity contribution in [2.45, 2.75) is 45.4 Å². The maximum absolute atomic E-state index is 6.80. The molecule has 312 valence electrons. The van der Waals surface area contributed by atoms with E-state index in [1.165, 1.54) is 65.9 Å². The fourth-order valence-electron chi connectivity index (χ4n) is 10.9. The van der Waals surface area contributed by atoms with Gasteiger partial charge in [0.25, 0.3) is 0 Å². The Hall–Kier alpha value is -7.82. The standard InChI is InChI=1S/C61H46N2O2/c1-36(2)38-28-30-40(31-29-38)56(49-21-9-16-44-42-14-5-7-26-54(42)64-60(44)49)46-18-12-22-50-57(46)47-19-10-20-48-58-51(23-13-24-52(58)63(50)59(47)48)62(41-34-32-39(33-35-41)37(3)4)53-25-11-17-45-43-15-6-8-27-55(43)65-61(45)53/h5-37,56H,1-4H3. The van der Waals surface area contributed by atoms with Crippen LogP contribution in [0.1, 0.15) is 73.3 Å². The van der Waals surface area contributed by atoms with Gasteiger partial charge in [-0.2, -0.15) is 0 Å². The third-order valence-electron chi connectivity index (χ3n) is 14.1. The van der Waals surface area contributed by atoms with Gasteiger partial charge in [0.15, 0.2) is 5.58 Å². The van der Waals surface area contributed by atoms with Crippen molar-refractivity contribution in [2.75, 3.05) is 4.90 Å². The topological polar surface area (TPSA) is 33.9 Å². The molecule has 0 spiro atoms. The van der Waals surface area contributed by atoms with E-state index in [4.69, 9.17) is 8.83 Å². The predicted molar refractivity (Wildman–Crippen MR) is 272 cm³/mol. The van der Waals surface area contributed by atoms with E-state index < -0.39 is 0 Å². The molecule has 4 heteroatoms. The molecular formula is C61H46N2O2. The number of nitrogens with zero attached hydrogens (tertiary/aromatic N) is 2. The molecule has 0 aliphatic heterocycles. The van der Waals surface area contributed by atoms with Crippen LogP contribution >= 0.6 is 0 Å². The third-order valence-corrected chi connectivity index (χ3v) is 14.1. The average molecular weight is 839 g/mol. The summed E-state index contributed by atoms with van der Waals surface area (Å²) in [6.45, 7) is 9.02. The summed E-state index contributed by atoms with van der Waals surface area (Å²) in [7, 11) is 0. The molecule has 0 saturated heterocycles. The normalized spacial score (nSPS) is 12.8. The van der Waals surface area contributed by atoms with Crippen molar-refractivity contribution in [3.05, 3.63) is 216 Å². The first kappa shape index (κ1) is 37.7. The minimum atomic E-state index is -0.0919. The van der Waals surface area contributed by atoms with Gasteiger partial charge >= 0.3 is 0 Å². The van der Waals surface area contributed by atoms with Crippen LogP contribution in [-0.4, -0.2) is 4.40 Å². The fourth-order valence-corrected chi connectivity index (χ4v) is 10.9. The molecule has 0 fully saturated rings. The maximum atomic E-state index is 6.80. The van der Waals surface area contributed by atoms with E-state index in [2.05, 4.69) is 219 Å². The van der Waals surface area contributed by atoms with Crippen molar-refractivity contribution in [1.29, 1.82) is 0 Å². The van der Waals surface area contributed by atoms with Crippen LogP contribution in [0.5, 0.6) is 0 Å². The van der Waals surface area contributed by atoms with Gasteiger partial charge in [0.1, 0.15) is 16.7 Å². The Labute approximate surface area is 376 Å². The molecule has 1 unspecified atom stereocenters. The lowest BCUT2D eigenvalue weighted by Gasteiger charge is -2.27. The smallest absolute Gasteiger partial charge is 0.159 e. The molecule has 1 atom stereocenters. The zero-order valence-corrected chi connectivity index (χ0v) is 36.8. The van der Waals surface area contributed by atoms with Gasteiger partial charge in [0.05, 0.1) is 27.9 Å². The first-order valence-corrected chi connectivity index (χ1v) is 22.9. The lowest BCUT2D eigenvalue weighted by molar-refractivity contribution is 0.661. The van der Waals surface area contributed by atoms with Crippen LogP contribution in [0.15, 0.2) is 197 Å². The zero-order chi connectivity index (χ0) is 43.5. The highest BCUT2D eigenvalue weighted by molar-refractivity contribution is 6.27. The van der Waals surface area contributed by atoms with Crippen LogP contribution in [0.4, 0.5) is 17.1 Å². The molecule has 9 aromatic carbocycles. The second-order valence-electron chi connectivity index (χ2n) is 18.4. The summed E-state index contributed by atoms with van der Waals surface area (Å²) in [6.07, 6.45) is 0. The monoisotopic (exact) mass is 838 g/mol. The van der Waals surface area contributed by atoms with Crippen molar-refractivity contribution in [1.82, 2.24) is 4.40 Å². The van der Waals surface area contributed by atoms with E-state index in [1.54, 1.807) is 0 Å². The molecule has 0 amide bonds. The largest absolute Gasteiger partial charge is 0.456 e. The molecule has 65 heavy (non-hydrogen) atoms. The number of para-hydroxylation sites is 5. The Bertz CT molecular complexity index is 3700. The van der Waals surface area contributed by atoms with E-state index in [9.17, 15) is 0 Å². The van der Waals surface area contributed by atoms with E-state index >= 15 is 0 Å². The number of anilines is 3. The number of benzene rings is 9. The number of hydrogen-bond acceptors (Lipinski definition) is 3. The molecule has 0 aliphatic carbocycles. The lowest BCUT2D eigenvalue weighted by atomic mass is 9.81. The lowest BCUT2D eigenvalue weighted by Crippen LogP contribution is -2.11. The van der Waals surface area contributed by atoms with Crippen LogP contribution in [0.3, 0.4) is 0 Å². The number of aromatic nitrogens is 1. The second kappa shape index (κ2) is 14.4. The molecule has 13 aromatic rings. The number of rotatable bonds is 8. The van der Waals surface area contributed by atoms with Crippen molar-refractivity contribution in [3.63, 3.8) is 0 Å². The van der Waals surface area contributed by atoms with E-state index in [0.29, 0.717) is 11.8 Å². The van der Waals surface area contributed by atoms with Crippen molar-refractivity contribution in [2.24, 2.45) is 0 Å². The Morgan fingerprint density at radius 2 is 0.862 bits per heavy atom. The fraction of sp³-hybridized carbons (Fsp3) is 0.115. The maximum Gasteiger partial charge on any atom is 0.159 e. The molecule has 0 bridgehead atoms. The Kier molecular flexibility index (Phi) is 8.33. The third kappa shape index (κ3) is 5.56. The summed E-state index contributed by atoms with van der Waals surface area (Å²) in [4.78, 5) is 2.41. The minimum absolute atomic E-state index is 0.0919. The van der Waals surface area contributed by atoms with Gasteiger partial charge < -0.3 is 18.1 Å². The van der Waals surface area contributed by atoms with Gasteiger partial charge in [0, 0.05) is 60.3 Å². The van der Waals surface area contributed by atoms with Crippen molar-refractivity contribution >= 4 is 99.0 Å². The molecule has 4 heterocycles. The summed E-state index contributed by atoms with van der Waals surface area (Å²) in [5.74, 6) is 0.765. The molecule has 4 aromatic heterocycles. The number of hydrogen-bond donors (Lipinski definition) is 0. The highest BCUT2D eigenvalue weighted by Gasteiger charge is 2.29. The summed E-state index contributed by atoms with van der Waals surface area (Å²) < 4.78 is 16.1. The van der Waals surface area contributed by atoms with Crippen LogP contribution in [-0.2, 0) is 0 Å². The molecule has 0 saturated carbocycles. The Morgan fingerprint density at radius 1 is 0.385 bits per heavy atom. The summed E-state index contributed by atoms with van der Waals surface area (Å²) in [5, 5.41) is 9.42. The zero-order valence-electron chi connectivity index (χ0n) is 36.8. The van der Waals surface area contributed by atoms with Crippen LogP contribution in [0.2, 0.25) is 0 Å². The molecule has 0 aliphatic rings. The number of furan rings is 2. The van der Waals surface area contributed by atoms with E-state index in [1.807, 2.05) is 6.07 Å². The summed E-state index contributed by atoms with van der Waals surface area (Å²) >= 11 is 0. The minimum Gasteiger partial charge on any atom is -0.456 e. The van der Waals surface area contributed by atoms with Crippen LogP contribution < -0.4 is 4.90 Å². The van der Waals surface area contributed by atoms with Crippen LogP contribution in [0.25, 0.3) is 82.0 Å². The van der Waals surface area contributed by atoms with Crippen molar-refractivity contribution in [3.8, 4) is 0 Å². The number of fused-ring (bicyclic) bond motifs is 12. The van der Waals surface area contributed by atoms with E-state index in [-0.39, 0.29) is 5.92 Å². The van der Waals surface area contributed by atoms with Crippen molar-refractivity contribution < 1.29 is 8.83 Å².